The molecule has 6 heteroatoms. The molecule has 2 aromatic rings. The minimum atomic E-state index is -0.664. The fourth-order valence-electron chi connectivity index (χ4n) is 2.73. The van der Waals surface area contributed by atoms with Crippen molar-refractivity contribution in [2.45, 2.75) is 44.6 Å². The van der Waals surface area contributed by atoms with Crippen LogP contribution in [0.15, 0.2) is 28.8 Å². The molecular weight excluding hydrogens is 282 g/mol. The summed E-state index contributed by atoms with van der Waals surface area (Å²) >= 11 is 0. The number of rotatable bonds is 4. The summed E-state index contributed by atoms with van der Waals surface area (Å²) in [6.45, 7) is 5.13. The highest BCUT2D eigenvalue weighted by Gasteiger charge is 2.44. The number of carbonyl (C=O) groups excluding carboxylic acids is 1. The molecule has 0 bridgehead atoms. The summed E-state index contributed by atoms with van der Waals surface area (Å²) in [6.07, 6.45) is 0.922. The Bertz CT molecular complexity index is 708. The topological polar surface area (TPSA) is 88.2 Å². The van der Waals surface area contributed by atoms with Gasteiger partial charge in [-0.3, -0.25) is 4.79 Å². The van der Waals surface area contributed by atoms with Gasteiger partial charge in [0.25, 0.3) is 0 Å². The molecule has 0 radical (unpaired) electrons. The van der Waals surface area contributed by atoms with Crippen LogP contribution in [0.1, 0.15) is 56.3 Å². The zero-order valence-corrected chi connectivity index (χ0v) is 12.8. The highest BCUT2D eigenvalue weighted by atomic mass is 16.5. The van der Waals surface area contributed by atoms with Crippen molar-refractivity contribution in [3.63, 3.8) is 0 Å². The van der Waals surface area contributed by atoms with Crippen LogP contribution in [0.4, 0.5) is 0 Å². The van der Waals surface area contributed by atoms with Crippen LogP contribution in [0.25, 0.3) is 0 Å². The van der Waals surface area contributed by atoms with E-state index in [4.69, 9.17) is 4.52 Å². The van der Waals surface area contributed by atoms with Gasteiger partial charge in [0.1, 0.15) is 5.75 Å². The number of aromatic nitrogens is 2. The predicted molar refractivity (Wildman–Crippen MR) is 79.3 cm³/mol. The van der Waals surface area contributed by atoms with Crippen LogP contribution < -0.4 is 5.32 Å². The molecule has 1 heterocycles. The van der Waals surface area contributed by atoms with E-state index in [2.05, 4.69) is 15.5 Å². The summed E-state index contributed by atoms with van der Waals surface area (Å²) < 4.78 is 5.36. The van der Waals surface area contributed by atoms with Gasteiger partial charge in [0.15, 0.2) is 5.82 Å². The number of amides is 1. The number of carbonyl (C=O) groups is 1. The van der Waals surface area contributed by atoms with E-state index >= 15 is 0 Å². The van der Waals surface area contributed by atoms with Crippen LogP contribution in [0.5, 0.6) is 5.75 Å². The summed E-state index contributed by atoms with van der Waals surface area (Å²) in [5, 5.41) is 16.3. The number of nitrogens with zero attached hydrogens (tertiary/aromatic N) is 2. The molecular formula is C16H19N3O3. The second-order valence-electron chi connectivity index (χ2n) is 6.31. The second-order valence-corrected chi connectivity index (χ2v) is 6.31. The van der Waals surface area contributed by atoms with Crippen molar-refractivity contribution in [3.05, 3.63) is 41.5 Å². The summed E-state index contributed by atoms with van der Waals surface area (Å²) in [5.41, 5.74) is 0.411. The smallest absolute Gasteiger partial charge is 0.230 e. The number of nitrogens with one attached hydrogen (secondary N) is 1. The maximum atomic E-state index is 11.2. The van der Waals surface area contributed by atoms with Gasteiger partial charge in [0.2, 0.25) is 11.8 Å². The van der Waals surface area contributed by atoms with E-state index in [1.807, 2.05) is 26.0 Å². The van der Waals surface area contributed by atoms with Gasteiger partial charge in [-0.2, -0.15) is 4.98 Å². The van der Waals surface area contributed by atoms with Crippen molar-refractivity contribution in [2.24, 2.45) is 0 Å². The van der Waals surface area contributed by atoms with Crippen molar-refractivity contribution in [1.82, 2.24) is 15.5 Å². The third-order valence-corrected chi connectivity index (χ3v) is 3.90. The number of aromatic hydroxyl groups is 1. The average Bonchev–Trinajstić information content (AvgIpc) is 3.05. The molecule has 0 spiro atoms. The Morgan fingerprint density at radius 2 is 2.18 bits per heavy atom. The molecule has 1 aromatic heterocycles. The maximum Gasteiger partial charge on any atom is 0.230 e. The van der Waals surface area contributed by atoms with Crippen LogP contribution in [0.3, 0.4) is 0 Å². The van der Waals surface area contributed by atoms with Crippen LogP contribution >= 0.6 is 0 Å². The third-order valence-electron chi connectivity index (χ3n) is 3.90. The lowest BCUT2D eigenvalue weighted by molar-refractivity contribution is -0.120. The zero-order valence-electron chi connectivity index (χ0n) is 12.8. The Hall–Kier alpha value is -2.37. The lowest BCUT2D eigenvalue weighted by Crippen LogP contribution is -2.40. The van der Waals surface area contributed by atoms with Gasteiger partial charge < -0.3 is 14.9 Å². The second kappa shape index (κ2) is 5.12. The minimum Gasteiger partial charge on any atom is -0.508 e. The molecule has 0 saturated heterocycles. The van der Waals surface area contributed by atoms with Crippen molar-refractivity contribution in [2.75, 3.05) is 0 Å². The molecule has 0 unspecified atom stereocenters. The monoisotopic (exact) mass is 301 g/mol. The lowest BCUT2D eigenvalue weighted by atomic mass is 10.1. The normalized spacial score (nSPS) is 20.7. The lowest BCUT2D eigenvalue weighted by Gasteiger charge is -2.20. The first kappa shape index (κ1) is 14.6. The summed E-state index contributed by atoms with van der Waals surface area (Å²) in [7, 11) is 0. The van der Waals surface area contributed by atoms with E-state index in [0.717, 1.165) is 12.0 Å². The Balaban J connectivity index is 1.75. The number of hydrogen-bond acceptors (Lipinski definition) is 5. The fraction of sp³-hybridized carbons (Fsp3) is 0.438. The first-order valence-corrected chi connectivity index (χ1v) is 7.28. The first-order valence-electron chi connectivity index (χ1n) is 7.28. The van der Waals surface area contributed by atoms with Crippen LogP contribution in [0, 0.1) is 0 Å². The molecule has 6 nitrogen and oxygen atoms in total. The summed E-state index contributed by atoms with van der Waals surface area (Å²) in [6, 6.07) is 7.24. The summed E-state index contributed by atoms with van der Waals surface area (Å²) in [4.78, 5) is 15.7. The average molecular weight is 301 g/mol. The van der Waals surface area contributed by atoms with Gasteiger partial charge in [-0.05, 0) is 43.9 Å². The molecule has 2 atom stereocenters. The van der Waals surface area contributed by atoms with Crippen LogP contribution in [-0.4, -0.2) is 21.2 Å². The highest BCUT2D eigenvalue weighted by Crippen LogP contribution is 2.54. The number of phenols is 1. The molecule has 22 heavy (non-hydrogen) atoms. The molecule has 1 amide bonds. The Morgan fingerprint density at radius 3 is 2.86 bits per heavy atom. The highest BCUT2D eigenvalue weighted by molar-refractivity contribution is 5.73. The first-order chi connectivity index (χ1) is 10.4. The number of hydrogen-bond donors (Lipinski definition) is 2. The third kappa shape index (κ3) is 2.81. The fourth-order valence-corrected chi connectivity index (χ4v) is 2.73. The predicted octanol–water partition coefficient (Wildman–Crippen LogP) is 2.42. The van der Waals surface area contributed by atoms with Gasteiger partial charge in [0.05, 0.1) is 5.54 Å². The molecule has 1 saturated carbocycles. The van der Waals surface area contributed by atoms with E-state index in [-0.39, 0.29) is 17.6 Å². The maximum absolute atomic E-state index is 11.2. The molecule has 1 fully saturated rings. The van der Waals surface area contributed by atoms with Gasteiger partial charge >= 0.3 is 0 Å². The number of phenolic OH excluding ortho intramolecular Hbond substituents is 1. The van der Waals surface area contributed by atoms with Crippen LogP contribution in [0.2, 0.25) is 0 Å². The Kier molecular flexibility index (Phi) is 3.39. The van der Waals surface area contributed by atoms with E-state index < -0.39 is 5.54 Å². The van der Waals surface area contributed by atoms with Crippen LogP contribution in [-0.2, 0) is 10.3 Å². The quantitative estimate of drug-likeness (QED) is 0.905. The molecule has 1 aliphatic carbocycles. The molecule has 1 aromatic carbocycles. The largest absolute Gasteiger partial charge is 0.508 e. The van der Waals surface area contributed by atoms with Gasteiger partial charge in [-0.25, -0.2) is 0 Å². The Labute approximate surface area is 128 Å². The SMILES string of the molecule is CC(=O)NC(C)(C)c1noc([C@@H]2C[C@H]2c2cccc(O)c2)n1. The van der Waals surface area contributed by atoms with Gasteiger partial charge in [0, 0.05) is 12.8 Å². The van der Waals surface area contributed by atoms with Crippen molar-refractivity contribution >= 4 is 5.91 Å². The molecule has 3 rings (SSSR count). The van der Waals surface area contributed by atoms with E-state index in [9.17, 15) is 9.90 Å². The molecule has 116 valence electrons. The summed E-state index contributed by atoms with van der Waals surface area (Å²) in [5.74, 6) is 1.66. The van der Waals surface area contributed by atoms with Crippen molar-refractivity contribution in [1.29, 1.82) is 0 Å². The van der Waals surface area contributed by atoms with Gasteiger partial charge in [-0.1, -0.05) is 17.3 Å². The van der Waals surface area contributed by atoms with Crippen molar-refractivity contribution < 1.29 is 14.4 Å². The molecule has 0 aliphatic heterocycles. The van der Waals surface area contributed by atoms with Gasteiger partial charge in [-0.15, -0.1) is 0 Å². The standard InChI is InChI=1S/C16H19N3O3/c1-9(20)18-16(2,3)15-17-14(22-19-15)13-8-12(13)10-5-4-6-11(21)7-10/h4-7,12-13,21H,8H2,1-3H3,(H,18,20)/t12-,13+/m0/s1. The molecule has 2 N–H and O–H groups in total. The number of benzene rings is 1. The van der Waals surface area contributed by atoms with E-state index in [1.165, 1.54) is 6.92 Å². The Morgan fingerprint density at radius 1 is 1.41 bits per heavy atom. The van der Waals surface area contributed by atoms with E-state index in [0.29, 0.717) is 17.6 Å². The van der Waals surface area contributed by atoms with Crippen molar-refractivity contribution in [3.8, 4) is 5.75 Å². The zero-order chi connectivity index (χ0) is 15.9. The minimum absolute atomic E-state index is 0.139. The van der Waals surface area contributed by atoms with E-state index in [1.54, 1.807) is 12.1 Å². The molecule has 1 aliphatic rings.